The number of unbranched alkanes of at least 4 members (excludes halogenated alkanes) is 8. The molecule has 0 bridgehead atoms. The molecule has 0 saturated carbocycles. The van der Waals surface area contributed by atoms with Crippen LogP contribution in [-0.4, -0.2) is 58.7 Å². The van der Waals surface area contributed by atoms with E-state index in [1.165, 1.54) is 58.3 Å². The maximum absolute atomic E-state index is 11.4. The first-order valence-corrected chi connectivity index (χ1v) is 16.2. The number of hydrogen-bond acceptors (Lipinski definition) is 7. The maximum Gasteiger partial charge on any atom is 0.330 e. The highest BCUT2D eigenvalue weighted by molar-refractivity contribution is 9.09. The van der Waals surface area contributed by atoms with Gasteiger partial charge in [0.05, 0.1) is 19.1 Å². The quantitative estimate of drug-likeness (QED) is 0.0698. The smallest absolute Gasteiger partial charge is 0.330 e. The first kappa shape index (κ1) is 48.8. The van der Waals surface area contributed by atoms with E-state index in [0.717, 1.165) is 36.2 Å². The van der Waals surface area contributed by atoms with Gasteiger partial charge in [0.2, 0.25) is 0 Å². The Labute approximate surface area is 264 Å². The first-order chi connectivity index (χ1) is 18.2. The normalized spacial score (nSPS) is 10.0. The van der Waals surface area contributed by atoms with Crippen LogP contribution in [0.5, 0.6) is 0 Å². The highest BCUT2D eigenvalue weighted by atomic mass is 79.9. The zero-order valence-corrected chi connectivity index (χ0v) is 29.0. The predicted molar refractivity (Wildman–Crippen MR) is 176 cm³/mol. The summed E-state index contributed by atoms with van der Waals surface area (Å²) in [5.41, 5.74) is -0.794. The fourth-order valence-corrected chi connectivity index (χ4v) is 3.35. The van der Waals surface area contributed by atoms with E-state index >= 15 is 0 Å². The number of ether oxygens (including phenoxy) is 3. The van der Waals surface area contributed by atoms with Gasteiger partial charge in [0, 0.05) is 36.9 Å². The van der Waals surface area contributed by atoms with E-state index < -0.39 is 11.2 Å². The molecule has 40 heavy (non-hydrogen) atoms. The number of carbonyl (C=O) groups is 2. The zero-order valence-electron chi connectivity index (χ0n) is 25.8. The van der Waals surface area contributed by atoms with Crippen molar-refractivity contribution in [1.82, 2.24) is 0 Å². The van der Waals surface area contributed by atoms with Crippen LogP contribution in [0.4, 0.5) is 0 Å². The Morgan fingerprint density at radius 1 is 0.800 bits per heavy atom. The number of nitriles is 1. The van der Waals surface area contributed by atoms with Crippen LogP contribution >= 0.6 is 31.9 Å². The van der Waals surface area contributed by atoms with Crippen molar-refractivity contribution in [2.45, 2.75) is 138 Å². The molecule has 0 aliphatic heterocycles. The summed E-state index contributed by atoms with van der Waals surface area (Å²) >= 11 is 6.79. The number of alkyl halides is 2. The summed E-state index contributed by atoms with van der Waals surface area (Å²) in [7, 11) is 0. The minimum Gasteiger partial charge on any atom is -0.460 e. The van der Waals surface area contributed by atoms with Gasteiger partial charge in [-0.15, -0.1) is 0 Å². The molecule has 0 heterocycles. The summed E-state index contributed by atoms with van der Waals surface area (Å²) in [6.45, 7) is 17.3. The minimum atomic E-state index is -0.398. The van der Waals surface area contributed by atoms with Gasteiger partial charge in [-0.2, -0.15) is 5.26 Å². The lowest BCUT2D eigenvalue weighted by molar-refractivity contribution is -0.156. The molecule has 0 aliphatic rings. The second kappa shape index (κ2) is 36.1. The van der Waals surface area contributed by atoms with E-state index in [1.54, 1.807) is 6.07 Å². The average molecular weight is 704 g/mol. The van der Waals surface area contributed by atoms with Gasteiger partial charge in [-0.05, 0) is 67.2 Å². The molecule has 0 aliphatic carbocycles. The third-order valence-corrected chi connectivity index (χ3v) is 5.28. The Kier molecular flexibility index (Phi) is 44.0. The Morgan fingerprint density at radius 2 is 1.20 bits per heavy atom. The molecule has 0 radical (unpaired) electrons. The van der Waals surface area contributed by atoms with Crippen LogP contribution in [0.2, 0.25) is 0 Å². The van der Waals surface area contributed by atoms with E-state index in [4.69, 9.17) is 24.6 Å². The van der Waals surface area contributed by atoms with E-state index in [-0.39, 0.29) is 19.4 Å². The van der Waals surface area contributed by atoms with Gasteiger partial charge in [-0.1, -0.05) is 84.4 Å². The number of carbonyl (C=O) groups excluding carboxylic acids is 2. The maximum atomic E-state index is 11.4. The molecular formula is C31H61Br2NO6. The molecule has 9 heteroatoms. The van der Waals surface area contributed by atoms with E-state index in [0.29, 0.717) is 19.6 Å². The molecule has 240 valence electrons. The summed E-state index contributed by atoms with van der Waals surface area (Å²) in [4.78, 5) is 21.8. The van der Waals surface area contributed by atoms with Crippen LogP contribution in [0.3, 0.4) is 0 Å². The molecular weight excluding hydrogens is 642 g/mol. The highest BCUT2D eigenvalue weighted by Gasteiger charge is 2.15. The highest BCUT2D eigenvalue weighted by Crippen LogP contribution is 2.09. The molecule has 7 nitrogen and oxygen atoms in total. The Hall–Kier alpha value is -0.950. The Bertz CT molecular complexity index is 590. The fraction of sp³-hybridized carbons (Fsp3) is 0.839. The van der Waals surface area contributed by atoms with Crippen molar-refractivity contribution < 1.29 is 28.9 Å². The topological polar surface area (TPSA) is 106 Å². The fourth-order valence-electron chi connectivity index (χ4n) is 2.56. The first-order valence-electron chi connectivity index (χ1n) is 13.9. The molecule has 0 unspecified atom stereocenters. The Morgan fingerprint density at radius 3 is 1.55 bits per heavy atom. The molecule has 0 atom stereocenters. The molecule has 0 rings (SSSR count). The molecule has 0 aromatic heterocycles. The van der Waals surface area contributed by atoms with Crippen LogP contribution in [0.15, 0.2) is 12.7 Å². The lowest BCUT2D eigenvalue weighted by Crippen LogP contribution is -2.24. The predicted octanol–water partition coefficient (Wildman–Crippen LogP) is 9.08. The SMILES string of the molecule is C.C=CC(=O)OC(C)(C)C.CC#N.CC(C)(C)OC(=O)CCOCCCCCCCBr.OCCCCCCCBr. The number of aliphatic hydroxyl groups is 1. The van der Waals surface area contributed by atoms with Crippen molar-refractivity contribution in [3.63, 3.8) is 0 Å². The van der Waals surface area contributed by atoms with Crippen molar-refractivity contribution in [3.8, 4) is 6.07 Å². The van der Waals surface area contributed by atoms with Crippen LogP contribution < -0.4 is 0 Å². The van der Waals surface area contributed by atoms with Gasteiger partial charge >= 0.3 is 11.9 Å². The van der Waals surface area contributed by atoms with Crippen LogP contribution in [0, 0.1) is 11.3 Å². The van der Waals surface area contributed by atoms with Crippen LogP contribution in [-0.2, 0) is 23.8 Å². The zero-order chi connectivity index (χ0) is 31.0. The summed E-state index contributed by atoms with van der Waals surface area (Å²) < 4.78 is 15.4. The van der Waals surface area contributed by atoms with Crippen LogP contribution in [0.1, 0.15) is 127 Å². The number of nitrogens with zero attached hydrogens (tertiary/aromatic N) is 1. The Balaban J connectivity index is -0.000000157. The van der Waals surface area contributed by atoms with Crippen molar-refractivity contribution in [1.29, 1.82) is 5.26 Å². The molecule has 0 spiro atoms. The van der Waals surface area contributed by atoms with Crippen molar-refractivity contribution in [2.24, 2.45) is 0 Å². The third-order valence-electron chi connectivity index (χ3n) is 4.16. The van der Waals surface area contributed by atoms with Crippen molar-refractivity contribution in [2.75, 3.05) is 30.5 Å². The number of halogens is 2. The minimum absolute atomic E-state index is 0. The second-order valence-electron chi connectivity index (χ2n) is 10.5. The van der Waals surface area contributed by atoms with Gasteiger partial charge in [0.1, 0.15) is 11.2 Å². The standard InChI is InChI=1S/C14H27BrO3.C7H15BrO.C7H12O2.C2H3N.CH4/c1-14(2,3)18-13(16)9-12-17-11-8-6-4-5-7-10-15;8-6-4-2-1-3-5-7-9;1-5-6(8)9-7(2,3)4;1-2-3;/h4-12H2,1-3H3;9H,1-7H2;5H,1H2,2-4H3;1H3;1H4. The van der Waals surface area contributed by atoms with E-state index in [2.05, 4.69) is 38.4 Å². The van der Waals surface area contributed by atoms with Crippen molar-refractivity contribution in [3.05, 3.63) is 12.7 Å². The molecule has 0 aromatic rings. The summed E-state index contributed by atoms with van der Waals surface area (Å²) in [5, 5.41) is 17.9. The largest absolute Gasteiger partial charge is 0.460 e. The summed E-state index contributed by atoms with van der Waals surface area (Å²) in [6, 6.07) is 1.75. The molecule has 0 aromatic carbocycles. The average Bonchev–Trinajstić information content (AvgIpc) is 2.82. The molecule has 0 fully saturated rings. The van der Waals surface area contributed by atoms with Gasteiger partial charge in [-0.25, -0.2) is 4.79 Å². The summed E-state index contributed by atoms with van der Waals surface area (Å²) in [5.74, 6) is -0.553. The molecule has 1 N–H and O–H groups in total. The lowest BCUT2D eigenvalue weighted by atomic mass is 10.2. The number of esters is 2. The van der Waals surface area contributed by atoms with Gasteiger partial charge in [0.25, 0.3) is 0 Å². The van der Waals surface area contributed by atoms with Crippen LogP contribution in [0.25, 0.3) is 0 Å². The second-order valence-corrected chi connectivity index (χ2v) is 12.1. The third kappa shape index (κ3) is 61.2. The number of rotatable bonds is 17. The monoisotopic (exact) mass is 701 g/mol. The van der Waals surface area contributed by atoms with Gasteiger partial charge in [0.15, 0.2) is 0 Å². The van der Waals surface area contributed by atoms with Gasteiger partial charge < -0.3 is 19.3 Å². The van der Waals surface area contributed by atoms with Crippen molar-refractivity contribution >= 4 is 43.8 Å². The lowest BCUT2D eigenvalue weighted by Gasteiger charge is -2.19. The molecule has 0 saturated heterocycles. The number of hydrogen-bond donors (Lipinski definition) is 1. The van der Waals surface area contributed by atoms with E-state index in [1.807, 2.05) is 41.5 Å². The summed E-state index contributed by atoms with van der Waals surface area (Å²) in [6.07, 6.45) is 13.6. The molecule has 0 amide bonds. The van der Waals surface area contributed by atoms with E-state index in [9.17, 15) is 9.59 Å². The number of aliphatic hydroxyl groups excluding tert-OH is 1. The van der Waals surface area contributed by atoms with Gasteiger partial charge in [-0.3, -0.25) is 4.79 Å².